The Bertz CT molecular complexity index is 1180. The summed E-state index contributed by atoms with van der Waals surface area (Å²) in [7, 11) is -8.73. The molecule has 0 aromatic carbocycles. The molecule has 6 nitrogen and oxygen atoms in total. The molecule has 0 aromatic heterocycles. The highest BCUT2D eigenvalue weighted by Gasteiger charge is 2.77. The van der Waals surface area contributed by atoms with Gasteiger partial charge in [-0.3, -0.25) is 4.90 Å². The molecule has 10 heteroatoms. The Balaban J connectivity index is 2.19. The Morgan fingerprint density at radius 3 is 1.37 bits per heavy atom. The maximum atomic E-state index is 9.93. The van der Waals surface area contributed by atoms with Gasteiger partial charge in [-0.25, -0.2) is 0 Å². The van der Waals surface area contributed by atoms with Gasteiger partial charge in [0, 0.05) is 13.2 Å². The summed E-state index contributed by atoms with van der Waals surface area (Å²) >= 11 is 0. The summed E-state index contributed by atoms with van der Waals surface area (Å²) in [6.45, 7) is 55.2. The molecule has 2 bridgehead atoms. The van der Waals surface area contributed by atoms with E-state index in [1.165, 1.54) is 12.8 Å². The summed E-state index contributed by atoms with van der Waals surface area (Å²) in [6, 6.07) is 0.0756. The van der Waals surface area contributed by atoms with E-state index in [0.29, 0.717) is 35.9 Å². The van der Waals surface area contributed by atoms with Gasteiger partial charge in [0.25, 0.3) is 0 Å². The zero-order valence-electron chi connectivity index (χ0n) is 37.9. The Morgan fingerprint density at radius 2 is 0.980 bits per heavy atom. The monoisotopic (exact) mass is 786 g/mol. The highest BCUT2D eigenvalue weighted by atomic mass is 28.4. The zero-order chi connectivity index (χ0) is 39.8. The second-order valence-corrected chi connectivity index (χ2v) is 42.6. The minimum absolute atomic E-state index is 0.0507. The molecule has 3 aliphatic carbocycles. The van der Waals surface area contributed by atoms with Crippen LogP contribution >= 0.6 is 0 Å². The number of likely N-dealkylation sites (tertiary alicyclic amines) is 1. The van der Waals surface area contributed by atoms with Crippen molar-refractivity contribution < 1.29 is 22.8 Å². The van der Waals surface area contributed by atoms with Crippen LogP contribution in [0, 0.1) is 22.7 Å². The molecule has 0 radical (unpaired) electrons. The van der Waals surface area contributed by atoms with Gasteiger partial charge in [-0.15, -0.1) is 0 Å². The van der Waals surface area contributed by atoms with Crippen LogP contribution in [0.25, 0.3) is 0 Å². The third-order valence-electron chi connectivity index (χ3n) is 16.6. The van der Waals surface area contributed by atoms with E-state index in [1.54, 1.807) is 0 Å². The van der Waals surface area contributed by atoms with E-state index in [4.69, 9.17) is 17.7 Å². The molecule has 4 aliphatic rings. The smallest absolute Gasteiger partial charge is 0.192 e. The molecule has 1 heterocycles. The molecule has 6 atom stereocenters. The van der Waals surface area contributed by atoms with Crippen LogP contribution in [0.2, 0.25) is 72.5 Å². The lowest BCUT2D eigenvalue weighted by Gasteiger charge is -2.82. The highest BCUT2D eigenvalue weighted by molar-refractivity contribution is 6.75. The fourth-order valence-electron chi connectivity index (χ4n) is 8.42. The molecule has 0 spiro atoms. The molecular weight excluding hydrogens is 699 g/mol. The Morgan fingerprint density at radius 1 is 0.588 bits per heavy atom. The minimum atomic E-state index is -2.26. The van der Waals surface area contributed by atoms with Crippen LogP contribution in [0.4, 0.5) is 0 Å². The first kappa shape index (κ1) is 46.0. The summed E-state index contributed by atoms with van der Waals surface area (Å²) in [5.41, 5.74) is 0.700. The van der Waals surface area contributed by atoms with Crippen LogP contribution in [0.3, 0.4) is 0 Å². The van der Waals surface area contributed by atoms with Crippen molar-refractivity contribution in [2.75, 3.05) is 26.3 Å². The molecular formula is C41H87NO5Si4. The third-order valence-corrected chi connectivity index (χ3v) is 34.6. The largest absolute Gasteiger partial charge is 0.415 e. The van der Waals surface area contributed by atoms with Crippen molar-refractivity contribution in [3.8, 4) is 0 Å². The van der Waals surface area contributed by atoms with E-state index < -0.39 is 33.3 Å². The molecule has 51 heavy (non-hydrogen) atoms. The summed E-state index contributed by atoms with van der Waals surface area (Å²) in [6.07, 6.45) is 2.97. The number of aliphatic hydroxyl groups is 1. The molecule has 3 unspecified atom stereocenters. The standard InChI is InChI=1S/C41H87NO5Si4/c1-30-40(29-41(30,24-26-43)31(40)2)23-25-42-27-33(45-49(17,18)37(6,7)8)35(47-51(21,22)39(12,13)14)34(46-50(19,20)38(9,10)11)32(42)28-44-48(15,16)36(3,4)5/h30-35,43H,23-29H2,1-22H3/t30-,31-,32-,33?,34?,35?,40?,41?/m1/s1. The summed E-state index contributed by atoms with van der Waals surface area (Å²) in [4.78, 5) is 2.76. The predicted octanol–water partition coefficient (Wildman–Crippen LogP) is 11.3. The fourth-order valence-corrected chi connectivity index (χ4v) is 13.4. The fraction of sp³-hybridized carbons (Fsp3) is 1.00. The van der Waals surface area contributed by atoms with Crippen LogP contribution in [-0.2, 0) is 17.7 Å². The number of rotatable bonds is 14. The molecule has 0 amide bonds. The highest BCUT2D eigenvalue weighted by Crippen LogP contribution is 2.83. The second kappa shape index (κ2) is 14.5. The third kappa shape index (κ3) is 8.65. The van der Waals surface area contributed by atoms with Gasteiger partial charge in [0.15, 0.2) is 33.3 Å². The first-order chi connectivity index (χ1) is 22.5. The Hall–Kier alpha value is 0.628. The van der Waals surface area contributed by atoms with Gasteiger partial charge in [-0.05, 0) is 121 Å². The number of aliphatic hydroxyl groups excluding tert-OH is 1. The topological polar surface area (TPSA) is 60.4 Å². The lowest BCUT2D eigenvalue weighted by Crippen LogP contribution is -2.76. The summed E-state index contributed by atoms with van der Waals surface area (Å²) < 4.78 is 30.2. The number of nitrogens with zero attached hydrogens (tertiary/aromatic N) is 1. The number of hydrogen-bond acceptors (Lipinski definition) is 6. The van der Waals surface area contributed by atoms with E-state index in [2.05, 4.69) is 154 Å². The van der Waals surface area contributed by atoms with Gasteiger partial charge < -0.3 is 22.8 Å². The van der Waals surface area contributed by atoms with Gasteiger partial charge in [-0.1, -0.05) is 96.9 Å². The van der Waals surface area contributed by atoms with Crippen LogP contribution < -0.4 is 0 Å². The van der Waals surface area contributed by atoms with Gasteiger partial charge in [0.1, 0.15) is 0 Å². The lowest BCUT2D eigenvalue weighted by molar-refractivity contribution is -0.338. The maximum Gasteiger partial charge on any atom is 0.192 e. The first-order valence-corrected chi connectivity index (χ1v) is 32.2. The van der Waals surface area contributed by atoms with Crippen molar-refractivity contribution in [2.24, 2.45) is 22.7 Å². The van der Waals surface area contributed by atoms with Crippen molar-refractivity contribution in [3.05, 3.63) is 0 Å². The summed E-state index contributed by atoms with van der Waals surface area (Å²) in [5, 5.41) is 10.2. The molecule has 0 aromatic rings. The maximum absolute atomic E-state index is 9.93. The van der Waals surface area contributed by atoms with Crippen LogP contribution in [0.1, 0.15) is 116 Å². The van der Waals surface area contributed by atoms with Gasteiger partial charge in [0.05, 0.1) is 31.0 Å². The van der Waals surface area contributed by atoms with E-state index in [0.717, 1.165) is 19.5 Å². The molecule has 1 saturated heterocycles. The molecule has 3 saturated carbocycles. The van der Waals surface area contributed by atoms with Crippen molar-refractivity contribution >= 4 is 33.3 Å². The van der Waals surface area contributed by atoms with Crippen LogP contribution in [0.5, 0.6) is 0 Å². The van der Waals surface area contributed by atoms with E-state index >= 15 is 0 Å². The predicted molar refractivity (Wildman–Crippen MR) is 229 cm³/mol. The minimum Gasteiger partial charge on any atom is -0.415 e. The zero-order valence-corrected chi connectivity index (χ0v) is 41.9. The quantitative estimate of drug-likeness (QED) is 0.177. The average molecular weight is 786 g/mol. The molecule has 1 aliphatic heterocycles. The number of hydrogen-bond donors (Lipinski definition) is 1. The van der Waals surface area contributed by atoms with Crippen LogP contribution in [0.15, 0.2) is 0 Å². The van der Waals surface area contributed by atoms with Crippen molar-refractivity contribution in [1.82, 2.24) is 4.90 Å². The Labute approximate surface area is 321 Å². The molecule has 1 N–H and O–H groups in total. The molecule has 302 valence electrons. The van der Waals surface area contributed by atoms with E-state index in [9.17, 15) is 5.11 Å². The van der Waals surface area contributed by atoms with Gasteiger partial charge in [0.2, 0.25) is 0 Å². The normalized spacial score (nSPS) is 33.2. The molecule has 4 rings (SSSR count). The van der Waals surface area contributed by atoms with Crippen molar-refractivity contribution in [3.63, 3.8) is 0 Å². The van der Waals surface area contributed by atoms with Gasteiger partial charge >= 0.3 is 0 Å². The van der Waals surface area contributed by atoms with Crippen LogP contribution in [-0.4, -0.2) is 93.9 Å². The summed E-state index contributed by atoms with van der Waals surface area (Å²) in [5.74, 6) is 1.32. The second-order valence-electron chi connectivity index (χ2n) is 23.5. The van der Waals surface area contributed by atoms with Crippen molar-refractivity contribution in [2.45, 2.75) is 213 Å². The number of piperidine rings is 1. The van der Waals surface area contributed by atoms with E-state index in [-0.39, 0.29) is 44.5 Å². The SMILES string of the molecule is C[C@H]1C2(CCO)CC1(CCN1CC(O[Si](C)(C)C(C)(C)C)C(O[Si](C)(C)C(C)(C)C)C(O[Si](C)(C)C(C)(C)C)[C@H]1CO[Si](C)(C)C(C)(C)C)[C@H]2C. The molecule has 4 fully saturated rings. The first-order valence-electron chi connectivity index (χ1n) is 20.6. The Kier molecular flexibility index (Phi) is 13.1. The van der Waals surface area contributed by atoms with Gasteiger partial charge in [-0.2, -0.15) is 0 Å². The van der Waals surface area contributed by atoms with Crippen molar-refractivity contribution in [1.29, 1.82) is 0 Å². The average Bonchev–Trinajstić information content (AvgIpc) is 2.92. The lowest BCUT2D eigenvalue weighted by atomic mass is 9.23. The van der Waals surface area contributed by atoms with E-state index in [1.807, 2.05) is 0 Å².